The molecule has 4 aromatic rings. The molecule has 0 unspecified atom stereocenters. The van der Waals surface area contributed by atoms with E-state index in [1.54, 1.807) is 62.9 Å². The molecule has 1 aromatic heterocycles. The van der Waals surface area contributed by atoms with E-state index in [0.29, 0.717) is 34.2 Å². The van der Waals surface area contributed by atoms with Crippen LogP contribution in [0.4, 0.5) is 21.9 Å². The van der Waals surface area contributed by atoms with Gasteiger partial charge in [0.05, 0.1) is 24.7 Å². The van der Waals surface area contributed by atoms with Crippen LogP contribution in [0, 0.1) is 10.1 Å². The maximum absolute atomic E-state index is 12.3. The Bertz CT molecular complexity index is 1410. The molecule has 0 aliphatic rings. The smallest absolute Gasteiger partial charge is 0.323 e. The number of amides is 2. The van der Waals surface area contributed by atoms with Crippen LogP contribution in [0.15, 0.2) is 66.9 Å². The third-order valence-corrected chi connectivity index (χ3v) is 5.19. The third-order valence-electron chi connectivity index (χ3n) is 4.95. The van der Waals surface area contributed by atoms with Gasteiger partial charge < -0.3 is 24.8 Å². The van der Waals surface area contributed by atoms with Crippen LogP contribution in [-0.4, -0.2) is 30.2 Å². The number of rotatable bonds is 7. The SMILES string of the molecule is COc1cc2nccc(Oc3ccc(NC(=O)Nc4ccc(Cl)cc4[N+](=O)[O-])cc3)c2cc1OC. The van der Waals surface area contributed by atoms with Gasteiger partial charge in [0.1, 0.15) is 17.2 Å². The van der Waals surface area contributed by atoms with E-state index in [1.165, 1.54) is 12.1 Å². The van der Waals surface area contributed by atoms with Crippen LogP contribution >= 0.6 is 11.6 Å². The highest BCUT2D eigenvalue weighted by atomic mass is 35.5. The van der Waals surface area contributed by atoms with Gasteiger partial charge >= 0.3 is 6.03 Å². The number of benzene rings is 3. The van der Waals surface area contributed by atoms with Gasteiger partial charge in [0.15, 0.2) is 11.5 Å². The molecular formula is C24H19ClN4O6. The molecular weight excluding hydrogens is 476 g/mol. The van der Waals surface area contributed by atoms with E-state index >= 15 is 0 Å². The average Bonchev–Trinajstić information content (AvgIpc) is 2.85. The van der Waals surface area contributed by atoms with E-state index < -0.39 is 11.0 Å². The van der Waals surface area contributed by atoms with Gasteiger partial charge in [0.2, 0.25) is 0 Å². The molecule has 2 amide bonds. The lowest BCUT2D eigenvalue weighted by atomic mass is 10.2. The number of pyridine rings is 1. The lowest BCUT2D eigenvalue weighted by Crippen LogP contribution is -2.20. The molecule has 4 rings (SSSR count). The molecule has 2 N–H and O–H groups in total. The summed E-state index contributed by atoms with van der Waals surface area (Å²) in [7, 11) is 3.10. The molecule has 0 spiro atoms. The summed E-state index contributed by atoms with van der Waals surface area (Å²) >= 11 is 5.80. The van der Waals surface area contributed by atoms with E-state index in [4.69, 9.17) is 25.8 Å². The molecule has 0 aliphatic carbocycles. The van der Waals surface area contributed by atoms with E-state index in [-0.39, 0.29) is 16.4 Å². The summed E-state index contributed by atoms with van der Waals surface area (Å²) in [5, 5.41) is 17.2. The number of nitro benzene ring substituents is 1. The standard InChI is InChI=1S/C24H19ClN4O6/c1-33-22-12-17-19(13-23(22)34-2)26-10-9-21(17)35-16-6-4-15(5-7-16)27-24(30)28-18-8-3-14(25)11-20(18)29(31)32/h3-13H,1-2H3,(H2,27,28,30). The van der Waals surface area contributed by atoms with Gasteiger partial charge in [-0.1, -0.05) is 11.6 Å². The number of fused-ring (bicyclic) bond motifs is 1. The largest absolute Gasteiger partial charge is 0.493 e. The number of aromatic nitrogens is 1. The molecule has 11 heteroatoms. The van der Waals surface area contributed by atoms with Crippen LogP contribution < -0.4 is 24.8 Å². The fraction of sp³-hybridized carbons (Fsp3) is 0.0833. The molecule has 0 bridgehead atoms. The van der Waals surface area contributed by atoms with Crippen molar-refractivity contribution in [3.63, 3.8) is 0 Å². The number of hydrogen-bond acceptors (Lipinski definition) is 7. The molecule has 3 aromatic carbocycles. The third kappa shape index (κ3) is 5.33. The summed E-state index contributed by atoms with van der Waals surface area (Å²) in [5.74, 6) is 2.18. The maximum atomic E-state index is 12.3. The lowest BCUT2D eigenvalue weighted by molar-refractivity contribution is -0.383. The number of hydrogen-bond donors (Lipinski definition) is 2. The summed E-state index contributed by atoms with van der Waals surface area (Å²) in [6, 6.07) is 15.2. The van der Waals surface area contributed by atoms with Crippen molar-refractivity contribution < 1.29 is 23.9 Å². The highest BCUT2D eigenvalue weighted by molar-refractivity contribution is 6.31. The topological polar surface area (TPSA) is 125 Å². The summed E-state index contributed by atoms with van der Waals surface area (Å²) in [4.78, 5) is 27.3. The zero-order chi connectivity index (χ0) is 24.9. The highest BCUT2D eigenvalue weighted by Gasteiger charge is 2.17. The van der Waals surface area contributed by atoms with Crippen molar-refractivity contribution in [3.05, 3.63) is 82.0 Å². The second kappa shape index (κ2) is 10.1. The number of anilines is 2. The molecule has 1 heterocycles. The summed E-state index contributed by atoms with van der Waals surface area (Å²) in [6.45, 7) is 0. The van der Waals surface area contributed by atoms with Crippen LogP contribution in [0.25, 0.3) is 10.9 Å². The number of halogens is 1. The fourth-order valence-corrected chi connectivity index (χ4v) is 3.48. The van der Waals surface area contributed by atoms with Crippen LogP contribution in [0.2, 0.25) is 5.02 Å². The van der Waals surface area contributed by atoms with Gasteiger partial charge in [-0.15, -0.1) is 0 Å². The zero-order valence-electron chi connectivity index (χ0n) is 18.6. The average molecular weight is 495 g/mol. The van der Waals surface area contributed by atoms with Crippen molar-refractivity contribution in [2.45, 2.75) is 0 Å². The van der Waals surface area contributed by atoms with E-state index in [2.05, 4.69) is 15.6 Å². The van der Waals surface area contributed by atoms with Crippen LogP contribution in [0.5, 0.6) is 23.0 Å². The van der Waals surface area contributed by atoms with Crippen molar-refractivity contribution in [2.24, 2.45) is 0 Å². The first-order chi connectivity index (χ1) is 16.9. The van der Waals surface area contributed by atoms with Gasteiger partial charge in [-0.25, -0.2) is 4.79 Å². The number of nitrogens with one attached hydrogen (secondary N) is 2. The monoisotopic (exact) mass is 494 g/mol. The Morgan fingerprint density at radius 3 is 2.34 bits per heavy atom. The van der Waals surface area contributed by atoms with Crippen LogP contribution in [0.3, 0.4) is 0 Å². The van der Waals surface area contributed by atoms with Crippen molar-refractivity contribution in [3.8, 4) is 23.0 Å². The van der Waals surface area contributed by atoms with Crippen molar-refractivity contribution in [1.82, 2.24) is 4.98 Å². The van der Waals surface area contributed by atoms with Crippen LogP contribution in [-0.2, 0) is 0 Å². The predicted octanol–water partition coefficient (Wildman–Crippen LogP) is 6.25. The number of carbonyl (C=O) groups is 1. The number of urea groups is 1. The van der Waals surface area contributed by atoms with Gasteiger partial charge in [0.25, 0.3) is 5.69 Å². The second-order valence-electron chi connectivity index (χ2n) is 7.16. The minimum atomic E-state index is -0.648. The molecule has 0 fully saturated rings. The first kappa shape index (κ1) is 23.6. The Balaban J connectivity index is 1.48. The molecule has 0 aliphatic heterocycles. The van der Waals surface area contributed by atoms with Gasteiger partial charge in [-0.2, -0.15) is 0 Å². The fourth-order valence-electron chi connectivity index (χ4n) is 3.32. The molecule has 178 valence electrons. The molecule has 0 atom stereocenters. The molecule has 10 nitrogen and oxygen atoms in total. The number of carbonyl (C=O) groups excluding carboxylic acids is 1. The Hall–Kier alpha value is -4.57. The van der Waals surface area contributed by atoms with E-state index in [0.717, 1.165) is 11.5 Å². The summed E-state index contributed by atoms with van der Waals surface area (Å²) in [5.41, 5.74) is 0.840. The van der Waals surface area contributed by atoms with Gasteiger partial charge in [-0.05, 0) is 48.5 Å². The minimum Gasteiger partial charge on any atom is -0.493 e. The van der Waals surface area contributed by atoms with E-state index in [9.17, 15) is 14.9 Å². The Morgan fingerprint density at radius 1 is 0.943 bits per heavy atom. The summed E-state index contributed by atoms with van der Waals surface area (Å²) in [6.07, 6.45) is 1.62. The second-order valence-corrected chi connectivity index (χ2v) is 7.59. The van der Waals surface area contributed by atoms with Gasteiger partial charge in [-0.3, -0.25) is 15.1 Å². The number of nitrogens with zero attached hydrogens (tertiary/aromatic N) is 2. The first-order valence-electron chi connectivity index (χ1n) is 10.2. The first-order valence-corrected chi connectivity index (χ1v) is 10.6. The lowest BCUT2D eigenvalue weighted by Gasteiger charge is -2.13. The van der Waals surface area contributed by atoms with E-state index in [1.807, 2.05) is 0 Å². The van der Waals surface area contributed by atoms with Crippen molar-refractivity contribution in [1.29, 1.82) is 0 Å². The normalized spacial score (nSPS) is 10.5. The maximum Gasteiger partial charge on any atom is 0.323 e. The molecule has 0 saturated heterocycles. The highest BCUT2D eigenvalue weighted by Crippen LogP contribution is 2.37. The minimum absolute atomic E-state index is 0.0217. The number of methoxy groups -OCH3 is 2. The summed E-state index contributed by atoms with van der Waals surface area (Å²) < 4.78 is 16.7. The zero-order valence-corrected chi connectivity index (χ0v) is 19.3. The Morgan fingerprint density at radius 2 is 1.66 bits per heavy atom. The molecule has 0 radical (unpaired) electrons. The Kier molecular flexibility index (Phi) is 6.83. The molecule has 0 saturated carbocycles. The van der Waals surface area contributed by atoms with Gasteiger partial charge in [0, 0.05) is 34.4 Å². The van der Waals surface area contributed by atoms with Crippen molar-refractivity contribution in [2.75, 3.05) is 24.9 Å². The Labute approximate surface area is 204 Å². The number of ether oxygens (including phenoxy) is 3. The predicted molar refractivity (Wildman–Crippen MR) is 132 cm³/mol. The van der Waals surface area contributed by atoms with Crippen molar-refractivity contribution >= 4 is 45.6 Å². The van der Waals surface area contributed by atoms with Crippen LogP contribution in [0.1, 0.15) is 0 Å². The number of nitro groups is 1. The molecule has 35 heavy (non-hydrogen) atoms. The quantitative estimate of drug-likeness (QED) is 0.230.